The molecular weight excluding hydrogens is 872 g/mol. The van der Waals surface area contributed by atoms with E-state index in [1.54, 1.807) is 37.3 Å². The largest absolute Gasteiger partial charge is 0.573 e. The van der Waals surface area contributed by atoms with E-state index in [4.69, 9.17) is 18.9 Å². The van der Waals surface area contributed by atoms with Crippen molar-refractivity contribution >= 4 is 55.9 Å². The fourth-order valence-electron chi connectivity index (χ4n) is 9.17. The maximum absolute atomic E-state index is 14.8. The lowest BCUT2D eigenvalue weighted by Gasteiger charge is -2.30. The number of amides is 4. The molecule has 9 rings (SSSR count). The van der Waals surface area contributed by atoms with Crippen molar-refractivity contribution in [2.75, 3.05) is 6.54 Å². The Bertz CT molecular complexity index is 2640. The third-order valence-electron chi connectivity index (χ3n) is 13.3. The molecule has 4 heterocycles. The Labute approximate surface area is 372 Å². The third-order valence-corrected chi connectivity index (χ3v) is 15.5. The molecule has 0 radical (unpaired) electrons. The van der Waals surface area contributed by atoms with Crippen LogP contribution in [0.15, 0.2) is 71.2 Å². The summed E-state index contributed by atoms with van der Waals surface area (Å²) in [4.78, 5) is 63.0. The number of halogens is 3. The van der Waals surface area contributed by atoms with Gasteiger partial charge in [-0.2, -0.15) is 0 Å². The lowest BCUT2D eigenvalue weighted by Crippen LogP contribution is -2.58. The van der Waals surface area contributed by atoms with Crippen LogP contribution in [0.25, 0.3) is 33.3 Å². The highest BCUT2D eigenvalue weighted by Crippen LogP contribution is 2.48. The van der Waals surface area contributed by atoms with Crippen molar-refractivity contribution in [3.05, 3.63) is 66.7 Å². The van der Waals surface area contributed by atoms with Gasteiger partial charge in [-0.05, 0) is 108 Å². The number of hydrogen-bond acceptors (Lipinski definition) is 11. The number of para-hydroxylation sites is 1. The van der Waals surface area contributed by atoms with Crippen LogP contribution in [0.4, 0.5) is 18.0 Å². The van der Waals surface area contributed by atoms with Gasteiger partial charge in [-0.25, -0.2) is 18.2 Å². The number of furan rings is 1. The van der Waals surface area contributed by atoms with E-state index < -0.39 is 80.3 Å². The second-order valence-electron chi connectivity index (χ2n) is 18.1. The molecule has 4 fully saturated rings. The van der Waals surface area contributed by atoms with Crippen LogP contribution in [0, 0.1) is 5.92 Å². The van der Waals surface area contributed by atoms with Crippen molar-refractivity contribution < 1.29 is 59.4 Å². The Morgan fingerprint density at radius 2 is 1.71 bits per heavy atom. The average molecular weight is 922 g/mol. The summed E-state index contributed by atoms with van der Waals surface area (Å²) in [5, 5.41) is 6.29. The Balaban J connectivity index is 1.05. The van der Waals surface area contributed by atoms with E-state index in [1.165, 1.54) is 17.0 Å². The lowest BCUT2D eigenvalue weighted by molar-refractivity contribution is -0.274. The molecule has 5 atom stereocenters. The molecule has 3 aliphatic carbocycles. The van der Waals surface area contributed by atoms with Gasteiger partial charge in [0.2, 0.25) is 21.8 Å². The van der Waals surface area contributed by atoms with Crippen molar-refractivity contribution in [1.29, 1.82) is 0 Å². The van der Waals surface area contributed by atoms with Gasteiger partial charge < -0.3 is 34.2 Å². The Kier molecular flexibility index (Phi) is 11.7. The number of alkyl halides is 3. The molecule has 2 aromatic carbocycles. The lowest BCUT2D eigenvalue weighted by atomic mass is 10.0. The molecule has 19 heteroatoms. The zero-order valence-electron chi connectivity index (χ0n) is 35.7. The number of ether oxygens (including phenoxy) is 3. The number of fused-ring (bicyclic) bond motifs is 5. The van der Waals surface area contributed by atoms with E-state index in [2.05, 4.69) is 20.1 Å². The molecule has 0 bridgehead atoms. The molecule has 4 amide bonds. The summed E-state index contributed by atoms with van der Waals surface area (Å²) in [6.07, 6.45) is 4.02. The molecule has 3 saturated carbocycles. The summed E-state index contributed by atoms with van der Waals surface area (Å²) < 4.78 is 89.3. The summed E-state index contributed by atoms with van der Waals surface area (Å²) >= 11 is 0. The molecule has 1 saturated heterocycles. The van der Waals surface area contributed by atoms with E-state index in [-0.39, 0.29) is 43.2 Å². The first-order valence-corrected chi connectivity index (χ1v) is 23.7. The normalized spacial score (nSPS) is 26.1. The van der Waals surface area contributed by atoms with Crippen LogP contribution >= 0.6 is 0 Å². The minimum absolute atomic E-state index is 0.0890. The fourth-order valence-corrected chi connectivity index (χ4v) is 10.5. The highest BCUT2D eigenvalue weighted by Gasteiger charge is 2.63. The van der Waals surface area contributed by atoms with Gasteiger partial charge in [0.1, 0.15) is 46.7 Å². The fraction of sp³-hybridized carbons (Fsp3) is 0.500. The summed E-state index contributed by atoms with van der Waals surface area (Å²) in [5.41, 5.74) is 0.260. The number of nitrogens with zero attached hydrogens (tertiary/aromatic N) is 2. The second kappa shape index (κ2) is 17.2. The van der Waals surface area contributed by atoms with Gasteiger partial charge in [0.25, 0.3) is 5.91 Å². The van der Waals surface area contributed by atoms with Gasteiger partial charge in [-0.1, -0.05) is 37.1 Å². The maximum atomic E-state index is 14.8. The molecule has 5 aliphatic rings. The smallest absolute Gasteiger partial charge is 0.484 e. The number of sulfonamides is 1. The van der Waals surface area contributed by atoms with Crippen molar-refractivity contribution in [2.45, 2.75) is 131 Å². The van der Waals surface area contributed by atoms with Crippen LogP contribution in [0.5, 0.6) is 11.5 Å². The molecular formula is C46H50F3N5O10S. The zero-order chi connectivity index (χ0) is 45.7. The minimum atomic E-state index is -4.89. The van der Waals surface area contributed by atoms with E-state index in [9.17, 15) is 40.8 Å². The quantitative estimate of drug-likeness (QED) is 0.142. The maximum Gasteiger partial charge on any atom is 0.573 e. The topological polar surface area (TPSA) is 195 Å². The van der Waals surface area contributed by atoms with Crippen LogP contribution in [-0.4, -0.2) is 89.6 Å². The number of rotatable bonds is 9. The van der Waals surface area contributed by atoms with Crippen molar-refractivity contribution in [1.82, 2.24) is 25.2 Å². The van der Waals surface area contributed by atoms with E-state index in [0.29, 0.717) is 59.8 Å². The standard InChI is InChI=1S/C46H50F3N5O10S/c1-44(21-22-44)65(59,60)53-42(57)45-25-28(45)11-5-3-2-4-6-15-33(51-43(58)62-29-12-7-8-13-29)41(56)54-26-31(23-35(54)40(55)52-45)61-37-24-34(27-17-19-30(20-18-27)64-46(47,48)49)50-38-32-14-9-10-16-36(32)63-39(37)38/h5,9-11,14,16-20,24,28-29,31,33,35H,2-4,6-8,12-13,15,21-23,25-26H2,1H3,(H,51,58)(H,52,55)(H,53,57)/t28-,31-,33+,35+,45-/m1/s1. The van der Waals surface area contributed by atoms with Crippen LogP contribution in [-0.2, 0) is 29.1 Å². The summed E-state index contributed by atoms with van der Waals surface area (Å²) in [6.45, 7) is 1.41. The van der Waals surface area contributed by atoms with Gasteiger partial charge in [0.15, 0.2) is 11.3 Å². The van der Waals surface area contributed by atoms with Gasteiger partial charge in [0, 0.05) is 29.4 Å². The monoisotopic (exact) mass is 921 g/mol. The molecule has 65 heavy (non-hydrogen) atoms. The van der Waals surface area contributed by atoms with E-state index in [0.717, 1.165) is 44.2 Å². The number of carbonyl (C=O) groups is 4. The Morgan fingerprint density at radius 1 is 0.969 bits per heavy atom. The minimum Gasteiger partial charge on any atom is -0.484 e. The predicted molar refractivity (Wildman–Crippen MR) is 230 cm³/mol. The number of alkyl carbamates (subject to hydrolysis) is 1. The van der Waals surface area contributed by atoms with Crippen LogP contribution in [0.1, 0.15) is 90.4 Å². The number of pyridine rings is 1. The van der Waals surface area contributed by atoms with Crippen molar-refractivity contribution in [3.8, 4) is 22.8 Å². The highest BCUT2D eigenvalue weighted by molar-refractivity contribution is 7.91. The number of nitrogens with one attached hydrogen (secondary N) is 3. The number of aromatic nitrogens is 1. The van der Waals surface area contributed by atoms with Gasteiger partial charge in [0.05, 0.1) is 17.0 Å². The van der Waals surface area contributed by atoms with Crippen LogP contribution < -0.4 is 24.8 Å². The van der Waals surface area contributed by atoms with Crippen LogP contribution in [0.2, 0.25) is 0 Å². The molecule has 346 valence electrons. The first-order chi connectivity index (χ1) is 31.0. The Hall–Kier alpha value is -5.85. The molecule has 2 aromatic heterocycles. The molecule has 4 aromatic rings. The zero-order valence-corrected chi connectivity index (χ0v) is 36.5. The average Bonchev–Trinajstić information content (AvgIpc) is 3.92. The molecule has 2 aliphatic heterocycles. The Morgan fingerprint density at radius 3 is 2.45 bits per heavy atom. The number of allylic oxidation sites excluding steroid dienone is 1. The first kappa shape index (κ1) is 44.4. The van der Waals surface area contributed by atoms with Gasteiger partial charge >= 0.3 is 12.5 Å². The van der Waals surface area contributed by atoms with Gasteiger partial charge in [-0.3, -0.25) is 19.1 Å². The molecule has 3 N–H and O–H groups in total. The second-order valence-corrected chi connectivity index (χ2v) is 20.3. The van der Waals surface area contributed by atoms with Crippen molar-refractivity contribution in [2.24, 2.45) is 5.92 Å². The highest BCUT2D eigenvalue weighted by atomic mass is 32.2. The van der Waals surface area contributed by atoms with E-state index >= 15 is 0 Å². The number of carbonyl (C=O) groups excluding carboxylic acids is 4. The molecule has 0 unspecified atom stereocenters. The number of hydrogen-bond donors (Lipinski definition) is 3. The molecule has 15 nitrogen and oxygen atoms in total. The number of benzene rings is 2. The van der Waals surface area contributed by atoms with E-state index in [1.807, 2.05) is 12.2 Å². The predicted octanol–water partition coefficient (Wildman–Crippen LogP) is 7.33. The summed E-state index contributed by atoms with van der Waals surface area (Å²) in [7, 11) is -4.07. The summed E-state index contributed by atoms with van der Waals surface area (Å²) in [5.74, 6) is -2.89. The molecule has 0 spiro atoms. The van der Waals surface area contributed by atoms with Crippen molar-refractivity contribution in [3.63, 3.8) is 0 Å². The third kappa shape index (κ3) is 9.33. The first-order valence-electron chi connectivity index (χ1n) is 22.2. The SMILES string of the molecule is CC1(S(=O)(=O)NC(=O)[C@@]23C[C@H]2C=CCCCCC[C@H](NC(=O)OC2CCCC2)C(=O)N2C[C@H](Oc4cc(-c5ccc(OC(F)(F)F)cc5)nc5c4oc4ccccc45)C[C@H]2C(=O)N3)CC1. The summed E-state index contributed by atoms with van der Waals surface area (Å²) in [6, 6.07) is 11.5. The van der Waals surface area contributed by atoms with Crippen LogP contribution in [0.3, 0.4) is 0 Å². The van der Waals surface area contributed by atoms with Gasteiger partial charge in [-0.15, -0.1) is 13.2 Å².